The summed E-state index contributed by atoms with van der Waals surface area (Å²) in [5.74, 6) is 0. The van der Waals surface area contributed by atoms with Crippen LogP contribution in [0, 0.1) is 0 Å². The van der Waals surface area contributed by atoms with Gasteiger partial charge in [0, 0.05) is 44.3 Å². The molecule has 0 bridgehead atoms. The highest BCUT2D eigenvalue weighted by Gasteiger charge is 2.15. The summed E-state index contributed by atoms with van der Waals surface area (Å²) >= 11 is 5.81. The van der Waals surface area contributed by atoms with Crippen LogP contribution < -0.4 is 0 Å². The summed E-state index contributed by atoms with van der Waals surface area (Å²) in [4.78, 5) is 9.91. The number of oxime groups is 1. The van der Waals surface area contributed by atoms with Gasteiger partial charge in [-0.1, -0.05) is 28.9 Å². The van der Waals surface area contributed by atoms with Crippen molar-refractivity contribution in [2.45, 2.75) is 0 Å². The Morgan fingerprint density at radius 2 is 1.71 bits per heavy atom. The molecular formula is C15H22ClN3O2. The molecule has 5 nitrogen and oxygen atoms in total. The number of halogens is 1. The molecule has 0 aliphatic carbocycles. The Morgan fingerprint density at radius 1 is 1.10 bits per heavy atom. The van der Waals surface area contributed by atoms with Crippen molar-refractivity contribution in [3.8, 4) is 0 Å². The second kappa shape index (κ2) is 9.00. The molecule has 116 valence electrons. The van der Waals surface area contributed by atoms with Crippen LogP contribution in [0.4, 0.5) is 0 Å². The van der Waals surface area contributed by atoms with Gasteiger partial charge in [-0.2, -0.15) is 0 Å². The molecule has 0 aromatic heterocycles. The normalized spacial score (nSPS) is 17.4. The van der Waals surface area contributed by atoms with E-state index in [1.165, 1.54) is 0 Å². The predicted octanol–water partition coefficient (Wildman–Crippen LogP) is 1.30. The van der Waals surface area contributed by atoms with Crippen LogP contribution in [-0.2, 0) is 4.84 Å². The average molecular weight is 312 g/mol. The summed E-state index contributed by atoms with van der Waals surface area (Å²) in [6.07, 6.45) is 1.69. The molecule has 0 saturated carbocycles. The van der Waals surface area contributed by atoms with Gasteiger partial charge in [-0.3, -0.25) is 9.80 Å². The third-order valence-corrected chi connectivity index (χ3v) is 3.78. The van der Waals surface area contributed by atoms with Gasteiger partial charge in [0.2, 0.25) is 0 Å². The van der Waals surface area contributed by atoms with E-state index in [0.29, 0.717) is 11.6 Å². The molecule has 6 heteroatoms. The van der Waals surface area contributed by atoms with Crippen molar-refractivity contribution in [2.24, 2.45) is 5.16 Å². The predicted molar refractivity (Wildman–Crippen MR) is 85.0 cm³/mol. The van der Waals surface area contributed by atoms with Crippen LogP contribution in [0.25, 0.3) is 0 Å². The van der Waals surface area contributed by atoms with Gasteiger partial charge in [-0.05, 0) is 17.7 Å². The molecule has 0 unspecified atom stereocenters. The van der Waals surface area contributed by atoms with Crippen molar-refractivity contribution in [1.82, 2.24) is 9.80 Å². The van der Waals surface area contributed by atoms with Crippen LogP contribution in [0.3, 0.4) is 0 Å². The summed E-state index contributed by atoms with van der Waals surface area (Å²) in [6, 6.07) is 7.45. The molecule has 1 heterocycles. The van der Waals surface area contributed by atoms with Gasteiger partial charge in [-0.25, -0.2) is 0 Å². The Hall–Kier alpha value is -1.14. The molecule has 21 heavy (non-hydrogen) atoms. The number of nitrogens with zero attached hydrogens (tertiary/aromatic N) is 3. The molecule has 1 saturated heterocycles. The van der Waals surface area contributed by atoms with Crippen LogP contribution >= 0.6 is 11.6 Å². The van der Waals surface area contributed by atoms with Crippen LogP contribution in [-0.4, -0.2) is 73.6 Å². The lowest BCUT2D eigenvalue weighted by atomic mass is 10.2. The summed E-state index contributed by atoms with van der Waals surface area (Å²) in [7, 11) is 0. The first-order valence-electron chi connectivity index (χ1n) is 7.24. The van der Waals surface area contributed by atoms with Crippen molar-refractivity contribution in [3.05, 3.63) is 34.9 Å². The van der Waals surface area contributed by atoms with Crippen molar-refractivity contribution in [2.75, 3.05) is 52.5 Å². The van der Waals surface area contributed by atoms with Gasteiger partial charge >= 0.3 is 0 Å². The molecule has 1 aromatic rings. The van der Waals surface area contributed by atoms with Crippen LogP contribution in [0.5, 0.6) is 0 Å². The number of aliphatic hydroxyl groups excluding tert-OH is 1. The minimum Gasteiger partial charge on any atom is -0.395 e. The van der Waals surface area contributed by atoms with E-state index in [0.717, 1.165) is 44.8 Å². The molecule has 0 radical (unpaired) electrons. The smallest absolute Gasteiger partial charge is 0.129 e. The van der Waals surface area contributed by atoms with Crippen molar-refractivity contribution in [1.29, 1.82) is 0 Å². The fraction of sp³-hybridized carbons (Fsp3) is 0.533. The second-order valence-electron chi connectivity index (χ2n) is 5.03. The van der Waals surface area contributed by atoms with E-state index < -0.39 is 0 Å². The second-order valence-corrected chi connectivity index (χ2v) is 5.46. The lowest BCUT2D eigenvalue weighted by Crippen LogP contribution is -2.47. The number of benzene rings is 1. The highest BCUT2D eigenvalue weighted by atomic mass is 35.5. The summed E-state index contributed by atoms with van der Waals surface area (Å²) < 4.78 is 0. The average Bonchev–Trinajstić information content (AvgIpc) is 2.51. The van der Waals surface area contributed by atoms with Crippen LogP contribution in [0.15, 0.2) is 29.4 Å². The maximum Gasteiger partial charge on any atom is 0.129 e. The van der Waals surface area contributed by atoms with E-state index >= 15 is 0 Å². The molecule has 1 aliphatic heterocycles. The number of hydrogen-bond donors (Lipinski definition) is 1. The maximum absolute atomic E-state index is 8.90. The van der Waals surface area contributed by atoms with Crippen molar-refractivity contribution >= 4 is 17.8 Å². The Balaban J connectivity index is 1.59. The van der Waals surface area contributed by atoms with E-state index in [9.17, 15) is 0 Å². The fourth-order valence-electron chi connectivity index (χ4n) is 2.25. The molecule has 1 fully saturated rings. The summed E-state index contributed by atoms with van der Waals surface area (Å²) in [5, 5.41) is 13.6. The number of aliphatic hydroxyl groups is 1. The van der Waals surface area contributed by atoms with E-state index in [2.05, 4.69) is 15.0 Å². The monoisotopic (exact) mass is 311 g/mol. The molecule has 1 N–H and O–H groups in total. The van der Waals surface area contributed by atoms with Gasteiger partial charge in [0.15, 0.2) is 0 Å². The zero-order valence-electron chi connectivity index (χ0n) is 12.1. The Morgan fingerprint density at radius 3 is 2.33 bits per heavy atom. The van der Waals surface area contributed by atoms with E-state index in [-0.39, 0.29) is 6.61 Å². The first-order valence-corrected chi connectivity index (χ1v) is 7.62. The summed E-state index contributed by atoms with van der Waals surface area (Å²) in [5.41, 5.74) is 0.969. The van der Waals surface area contributed by atoms with E-state index in [1.807, 2.05) is 24.3 Å². The van der Waals surface area contributed by atoms with Gasteiger partial charge in [0.1, 0.15) is 6.61 Å². The standard InChI is InChI=1S/C15H22ClN3O2/c16-15-3-1-14(2-4-15)13-17-21-12-10-19-7-5-18(6-8-19)9-11-20/h1-4,13,20H,5-12H2/b17-13+. The van der Waals surface area contributed by atoms with E-state index in [4.69, 9.17) is 21.5 Å². The number of piperazine rings is 1. The Kier molecular flexibility index (Phi) is 6.95. The maximum atomic E-state index is 8.90. The van der Waals surface area contributed by atoms with Gasteiger partial charge in [0.25, 0.3) is 0 Å². The topological polar surface area (TPSA) is 48.3 Å². The highest BCUT2D eigenvalue weighted by Crippen LogP contribution is 2.07. The molecule has 0 atom stereocenters. The van der Waals surface area contributed by atoms with Crippen molar-refractivity contribution < 1.29 is 9.94 Å². The third kappa shape index (κ3) is 6.01. The Bertz CT molecular complexity index is 431. The van der Waals surface area contributed by atoms with Gasteiger partial charge in [0.05, 0.1) is 12.8 Å². The third-order valence-electron chi connectivity index (χ3n) is 3.53. The molecular weight excluding hydrogens is 290 g/mol. The van der Waals surface area contributed by atoms with Crippen molar-refractivity contribution in [3.63, 3.8) is 0 Å². The first kappa shape index (κ1) is 16.2. The lowest BCUT2D eigenvalue weighted by molar-refractivity contribution is 0.0733. The minimum absolute atomic E-state index is 0.239. The Labute approximate surface area is 130 Å². The molecule has 1 aliphatic rings. The number of rotatable bonds is 7. The fourth-order valence-corrected chi connectivity index (χ4v) is 2.37. The SMILES string of the molecule is OCCN1CCN(CCO/N=C/c2ccc(Cl)cc2)CC1. The molecule has 0 spiro atoms. The van der Waals surface area contributed by atoms with Gasteiger partial charge < -0.3 is 9.94 Å². The number of hydrogen-bond acceptors (Lipinski definition) is 5. The van der Waals surface area contributed by atoms with Gasteiger partial charge in [-0.15, -0.1) is 0 Å². The first-order chi connectivity index (χ1) is 10.3. The molecule has 1 aromatic carbocycles. The van der Waals surface area contributed by atoms with Crippen LogP contribution in [0.2, 0.25) is 5.02 Å². The zero-order valence-corrected chi connectivity index (χ0v) is 12.9. The largest absolute Gasteiger partial charge is 0.395 e. The minimum atomic E-state index is 0.239. The van der Waals surface area contributed by atoms with E-state index in [1.54, 1.807) is 6.21 Å². The van der Waals surface area contributed by atoms with Crippen LogP contribution in [0.1, 0.15) is 5.56 Å². The summed E-state index contributed by atoms with van der Waals surface area (Å²) in [6.45, 7) is 6.53. The highest BCUT2D eigenvalue weighted by molar-refractivity contribution is 6.30. The quantitative estimate of drug-likeness (QED) is 0.468. The lowest BCUT2D eigenvalue weighted by Gasteiger charge is -2.33. The molecule has 0 amide bonds. The molecule has 2 rings (SSSR count). The zero-order chi connectivity index (χ0) is 14.9. The number of β-amino-alcohol motifs (C(OH)–C–C–N with tert-alkyl or cyclic N) is 1.